The van der Waals surface area contributed by atoms with E-state index in [9.17, 15) is 9.59 Å². The van der Waals surface area contributed by atoms with Crippen molar-refractivity contribution in [3.05, 3.63) is 35.5 Å². The van der Waals surface area contributed by atoms with Gasteiger partial charge in [0.1, 0.15) is 11.4 Å². The summed E-state index contributed by atoms with van der Waals surface area (Å²) in [7, 11) is 0. The number of carbonyl (C=O) groups is 2. The third kappa shape index (κ3) is 3.94. The number of benzene rings is 1. The molecule has 1 aromatic rings. The van der Waals surface area contributed by atoms with Crippen molar-refractivity contribution >= 4 is 17.4 Å². The van der Waals surface area contributed by atoms with Crippen LogP contribution in [0.4, 0.5) is 0 Å². The van der Waals surface area contributed by atoms with Gasteiger partial charge in [0.2, 0.25) is 0 Å². The highest BCUT2D eigenvalue weighted by Crippen LogP contribution is 2.36. The van der Waals surface area contributed by atoms with Crippen LogP contribution >= 0.6 is 0 Å². The number of likely N-dealkylation sites (tertiary alicyclic amines) is 1. The van der Waals surface area contributed by atoms with Gasteiger partial charge in [-0.15, -0.1) is 0 Å². The van der Waals surface area contributed by atoms with Crippen LogP contribution in [-0.4, -0.2) is 46.8 Å². The van der Waals surface area contributed by atoms with E-state index in [4.69, 9.17) is 4.74 Å². The molecule has 1 saturated heterocycles. The van der Waals surface area contributed by atoms with E-state index in [0.29, 0.717) is 23.1 Å². The zero-order valence-corrected chi connectivity index (χ0v) is 17.9. The van der Waals surface area contributed by atoms with Crippen molar-refractivity contribution in [3.63, 3.8) is 0 Å². The van der Waals surface area contributed by atoms with Crippen molar-refractivity contribution in [1.29, 1.82) is 0 Å². The maximum atomic E-state index is 13.2. The number of amides is 2. The highest BCUT2D eigenvalue weighted by Gasteiger charge is 2.43. The molecule has 0 radical (unpaired) electrons. The second-order valence-electron chi connectivity index (χ2n) is 8.84. The molecule has 2 aliphatic heterocycles. The Labute approximate surface area is 168 Å². The van der Waals surface area contributed by atoms with E-state index in [1.807, 2.05) is 52.0 Å². The largest absolute Gasteiger partial charge is 0.491 e. The quantitative estimate of drug-likeness (QED) is 0.722. The monoisotopic (exact) mass is 384 g/mol. The Morgan fingerprint density at radius 2 is 1.50 bits per heavy atom. The fraction of sp³-hybridized carbons (Fsp3) is 0.565. The van der Waals surface area contributed by atoms with E-state index < -0.39 is 0 Å². The minimum atomic E-state index is -0.196. The van der Waals surface area contributed by atoms with E-state index in [1.54, 1.807) is 0 Å². The molecule has 2 aliphatic rings. The Kier molecular flexibility index (Phi) is 5.82. The van der Waals surface area contributed by atoms with Gasteiger partial charge in [0.05, 0.1) is 11.7 Å². The van der Waals surface area contributed by atoms with Crippen molar-refractivity contribution < 1.29 is 14.3 Å². The summed E-state index contributed by atoms with van der Waals surface area (Å²) in [5.74, 6) is 1.39. The van der Waals surface area contributed by atoms with E-state index >= 15 is 0 Å². The molecule has 2 amide bonds. The lowest BCUT2D eigenvalue weighted by Crippen LogP contribution is -2.43. The van der Waals surface area contributed by atoms with Crippen LogP contribution in [0.5, 0.6) is 5.75 Å². The van der Waals surface area contributed by atoms with Crippen LogP contribution in [0.15, 0.2) is 30.0 Å². The van der Waals surface area contributed by atoms with Gasteiger partial charge in [0.15, 0.2) is 0 Å². The van der Waals surface area contributed by atoms with Gasteiger partial charge in [-0.25, -0.2) is 0 Å². The zero-order valence-electron chi connectivity index (χ0n) is 17.9. The van der Waals surface area contributed by atoms with Gasteiger partial charge in [0, 0.05) is 19.1 Å². The molecule has 0 bridgehead atoms. The number of rotatable bonds is 5. The van der Waals surface area contributed by atoms with Crippen LogP contribution in [0.25, 0.3) is 5.57 Å². The molecule has 5 heteroatoms. The fourth-order valence-electron chi connectivity index (χ4n) is 4.38. The summed E-state index contributed by atoms with van der Waals surface area (Å²) in [5, 5.41) is 0. The van der Waals surface area contributed by atoms with Gasteiger partial charge in [-0.2, -0.15) is 0 Å². The number of nitrogens with zero attached hydrogens (tertiary/aromatic N) is 2. The second kappa shape index (κ2) is 7.98. The van der Waals surface area contributed by atoms with Crippen LogP contribution in [0.3, 0.4) is 0 Å². The SMILES string of the molecule is CC1CC(C)CN(C2=C(c3ccc(OC(C)C)cc3)C(=O)N(C(C)C)C2=O)C1. The molecule has 0 saturated carbocycles. The lowest BCUT2D eigenvalue weighted by molar-refractivity contribution is -0.139. The predicted molar refractivity (Wildman–Crippen MR) is 111 cm³/mol. The van der Waals surface area contributed by atoms with E-state index in [1.165, 1.54) is 4.90 Å². The first-order chi connectivity index (χ1) is 13.2. The van der Waals surface area contributed by atoms with Crippen LogP contribution < -0.4 is 4.74 Å². The fourth-order valence-corrected chi connectivity index (χ4v) is 4.38. The Balaban J connectivity index is 2.04. The normalized spacial score (nSPS) is 23.4. The van der Waals surface area contributed by atoms with Crippen molar-refractivity contribution in [1.82, 2.24) is 9.80 Å². The first-order valence-electron chi connectivity index (χ1n) is 10.3. The summed E-state index contributed by atoms with van der Waals surface area (Å²) < 4.78 is 5.72. The standard InChI is InChI=1S/C23H32N2O3/c1-14(2)25-22(26)20(18-7-9-19(10-8-18)28-15(3)4)21(23(25)27)24-12-16(5)11-17(6)13-24/h7-10,14-17H,11-13H2,1-6H3. The minimum absolute atomic E-state index is 0.0862. The Bertz CT molecular complexity index is 770. The van der Waals surface area contributed by atoms with Crippen LogP contribution in [0.1, 0.15) is 53.5 Å². The van der Waals surface area contributed by atoms with Crippen molar-refractivity contribution in [2.24, 2.45) is 11.8 Å². The summed E-state index contributed by atoms with van der Waals surface area (Å²) in [5.41, 5.74) is 1.87. The van der Waals surface area contributed by atoms with Crippen molar-refractivity contribution in [3.8, 4) is 5.75 Å². The Morgan fingerprint density at radius 1 is 0.929 bits per heavy atom. The highest BCUT2D eigenvalue weighted by molar-refractivity contribution is 6.35. The van der Waals surface area contributed by atoms with E-state index in [0.717, 1.165) is 30.8 Å². The number of ether oxygens (including phenoxy) is 1. The minimum Gasteiger partial charge on any atom is -0.491 e. The predicted octanol–water partition coefficient (Wildman–Crippen LogP) is 3.94. The highest BCUT2D eigenvalue weighted by atomic mass is 16.5. The number of hydrogen-bond acceptors (Lipinski definition) is 4. The summed E-state index contributed by atoms with van der Waals surface area (Å²) >= 11 is 0. The van der Waals surface area contributed by atoms with E-state index in [2.05, 4.69) is 18.7 Å². The van der Waals surface area contributed by atoms with Gasteiger partial charge >= 0.3 is 0 Å². The molecule has 5 nitrogen and oxygen atoms in total. The molecule has 3 rings (SSSR count). The molecule has 0 spiro atoms. The smallest absolute Gasteiger partial charge is 0.278 e. The average Bonchev–Trinajstić information content (AvgIpc) is 2.85. The molecule has 1 fully saturated rings. The van der Waals surface area contributed by atoms with Gasteiger partial charge in [0.25, 0.3) is 11.8 Å². The number of carbonyl (C=O) groups excluding carboxylic acids is 2. The van der Waals surface area contributed by atoms with E-state index in [-0.39, 0.29) is 24.0 Å². The zero-order chi connectivity index (χ0) is 20.6. The number of imide groups is 1. The summed E-state index contributed by atoms with van der Waals surface area (Å²) in [6.45, 7) is 13.8. The summed E-state index contributed by atoms with van der Waals surface area (Å²) in [6, 6.07) is 7.35. The van der Waals surface area contributed by atoms with Crippen LogP contribution in [0, 0.1) is 11.8 Å². The molecule has 0 aliphatic carbocycles. The van der Waals surface area contributed by atoms with Crippen molar-refractivity contribution in [2.75, 3.05) is 13.1 Å². The lowest BCUT2D eigenvalue weighted by atomic mass is 9.91. The third-order valence-electron chi connectivity index (χ3n) is 5.31. The van der Waals surface area contributed by atoms with Gasteiger partial charge in [-0.1, -0.05) is 26.0 Å². The molecular formula is C23H32N2O3. The molecular weight excluding hydrogens is 352 g/mol. The maximum Gasteiger partial charge on any atom is 0.278 e. The molecule has 2 unspecified atom stereocenters. The molecule has 0 aromatic heterocycles. The van der Waals surface area contributed by atoms with Gasteiger partial charge < -0.3 is 9.64 Å². The topological polar surface area (TPSA) is 49.9 Å². The molecule has 1 aromatic carbocycles. The molecule has 0 N–H and O–H groups in total. The lowest BCUT2D eigenvalue weighted by Gasteiger charge is -2.37. The number of piperidine rings is 1. The van der Waals surface area contributed by atoms with Gasteiger partial charge in [-0.05, 0) is 63.6 Å². The summed E-state index contributed by atoms with van der Waals surface area (Å²) in [4.78, 5) is 30.0. The second-order valence-corrected chi connectivity index (χ2v) is 8.84. The van der Waals surface area contributed by atoms with Crippen molar-refractivity contribution in [2.45, 2.75) is 60.1 Å². The Morgan fingerprint density at radius 3 is 2.00 bits per heavy atom. The maximum absolute atomic E-state index is 13.2. The molecule has 152 valence electrons. The first-order valence-corrected chi connectivity index (χ1v) is 10.3. The average molecular weight is 385 g/mol. The molecule has 2 heterocycles. The van der Waals surface area contributed by atoms with Gasteiger partial charge in [-0.3, -0.25) is 14.5 Å². The third-order valence-corrected chi connectivity index (χ3v) is 5.31. The molecule has 28 heavy (non-hydrogen) atoms. The first kappa shape index (κ1) is 20.4. The molecule has 2 atom stereocenters. The number of hydrogen-bond donors (Lipinski definition) is 0. The Hall–Kier alpha value is -2.30. The summed E-state index contributed by atoms with van der Waals surface area (Å²) in [6.07, 6.45) is 1.24. The van der Waals surface area contributed by atoms with Crippen LogP contribution in [0.2, 0.25) is 0 Å². The van der Waals surface area contributed by atoms with Crippen LogP contribution in [-0.2, 0) is 9.59 Å².